The maximum Gasteiger partial charge on any atom is 0.333 e. The van der Waals surface area contributed by atoms with Crippen LogP contribution in [-0.4, -0.2) is 47.0 Å². The number of carbonyl (C=O) groups excluding carboxylic acids is 1. The highest BCUT2D eigenvalue weighted by Crippen LogP contribution is 2.42. The van der Waals surface area contributed by atoms with Crippen LogP contribution in [0.1, 0.15) is 46.6 Å². The van der Waals surface area contributed by atoms with Crippen LogP contribution >= 0.6 is 0 Å². The Balaban J connectivity index is 1.68. The molecule has 2 N–H and O–H groups in total. The Labute approximate surface area is 172 Å². The van der Waals surface area contributed by atoms with E-state index >= 15 is 0 Å². The smallest absolute Gasteiger partial charge is 0.333 e. The fraction of sp³-hybridized carbons (Fsp3) is 0.421. The van der Waals surface area contributed by atoms with Crippen molar-refractivity contribution in [3.8, 4) is 0 Å². The summed E-state index contributed by atoms with van der Waals surface area (Å²) in [6.07, 6.45) is 3.09. The SMILES string of the molecule is CN1C(N)=N[C@@]2(CCCc3ccc(CC(=O)c4ccn(C(F)F)n4)cc32)CS1(=O)=O. The van der Waals surface area contributed by atoms with Gasteiger partial charge < -0.3 is 5.73 Å². The normalized spacial score (nSPS) is 22.8. The molecule has 160 valence electrons. The van der Waals surface area contributed by atoms with Gasteiger partial charge in [-0.25, -0.2) is 22.4 Å². The molecule has 0 fully saturated rings. The van der Waals surface area contributed by atoms with E-state index in [0.29, 0.717) is 16.7 Å². The van der Waals surface area contributed by atoms with Gasteiger partial charge in [0.15, 0.2) is 5.78 Å². The molecule has 1 spiro atoms. The number of nitrogens with two attached hydrogens (primary N) is 1. The summed E-state index contributed by atoms with van der Waals surface area (Å²) >= 11 is 0. The highest BCUT2D eigenvalue weighted by Gasteiger charge is 2.45. The van der Waals surface area contributed by atoms with Crippen LogP contribution in [-0.2, 0) is 28.4 Å². The van der Waals surface area contributed by atoms with Crippen molar-refractivity contribution >= 4 is 21.8 Å². The number of aliphatic imine (C=N–C) groups is 1. The van der Waals surface area contributed by atoms with Gasteiger partial charge in [0.05, 0.1) is 5.75 Å². The van der Waals surface area contributed by atoms with Gasteiger partial charge in [0.1, 0.15) is 11.2 Å². The van der Waals surface area contributed by atoms with Crippen LogP contribution in [0.4, 0.5) is 8.78 Å². The molecule has 2 heterocycles. The molecular weight excluding hydrogens is 416 g/mol. The number of nitrogens with zero attached hydrogens (tertiary/aromatic N) is 4. The summed E-state index contributed by atoms with van der Waals surface area (Å²) < 4.78 is 52.0. The van der Waals surface area contributed by atoms with Crippen LogP contribution in [0.3, 0.4) is 0 Å². The van der Waals surface area contributed by atoms with E-state index in [9.17, 15) is 22.0 Å². The molecule has 0 saturated heterocycles. The largest absolute Gasteiger partial charge is 0.369 e. The van der Waals surface area contributed by atoms with Crippen LogP contribution in [0.5, 0.6) is 0 Å². The standard InChI is InChI=1S/C19H21F2N5O3S/c1-25-18(22)23-19(11-30(25,28)29)7-2-3-13-5-4-12(9-14(13)19)10-16(27)15-6-8-26(24-15)17(20)21/h4-6,8-9,17H,2-3,7,10-11H2,1H3,(H2,22,23)/t19-/m0/s1. The molecule has 1 atom stereocenters. The fourth-order valence-electron chi connectivity index (χ4n) is 4.09. The van der Waals surface area contributed by atoms with Crippen LogP contribution in [0, 0.1) is 0 Å². The molecule has 0 unspecified atom stereocenters. The summed E-state index contributed by atoms with van der Waals surface area (Å²) in [4.78, 5) is 17.1. The number of guanidine groups is 1. The molecule has 1 aromatic heterocycles. The van der Waals surface area contributed by atoms with Gasteiger partial charge in [-0.15, -0.1) is 0 Å². The van der Waals surface area contributed by atoms with Gasteiger partial charge in [0, 0.05) is 19.7 Å². The molecule has 4 rings (SSSR count). The van der Waals surface area contributed by atoms with E-state index in [4.69, 9.17) is 5.73 Å². The number of benzene rings is 1. The summed E-state index contributed by atoms with van der Waals surface area (Å²) in [6, 6.07) is 6.70. The quantitative estimate of drug-likeness (QED) is 0.734. The van der Waals surface area contributed by atoms with Gasteiger partial charge >= 0.3 is 6.55 Å². The molecule has 0 saturated carbocycles. The van der Waals surface area contributed by atoms with Crippen LogP contribution in [0.15, 0.2) is 35.5 Å². The Morgan fingerprint density at radius 2 is 2.10 bits per heavy atom. The summed E-state index contributed by atoms with van der Waals surface area (Å²) in [6.45, 7) is -2.81. The molecule has 0 amide bonds. The molecule has 1 aromatic carbocycles. The molecule has 1 aliphatic carbocycles. The third-order valence-electron chi connectivity index (χ3n) is 5.66. The maximum atomic E-state index is 12.7. The number of fused-ring (bicyclic) bond motifs is 2. The number of carbonyl (C=O) groups is 1. The lowest BCUT2D eigenvalue weighted by Gasteiger charge is -2.40. The first kappa shape index (κ1) is 20.5. The Morgan fingerprint density at radius 3 is 2.77 bits per heavy atom. The van der Waals surface area contributed by atoms with Gasteiger partial charge in [-0.2, -0.15) is 13.9 Å². The summed E-state index contributed by atoms with van der Waals surface area (Å²) in [7, 11) is -2.25. The van der Waals surface area contributed by atoms with Crippen molar-refractivity contribution in [1.82, 2.24) is 14.1 Å². The number of hydrogen-bond acceptors (Lipinski definition) is 6. The van der Waals surface area contributed by atoms with Gasteiger partial charge in [-0.05, 0) is 42.0 Å². The number of Topliss-reactive ketones (excluding diaryl/α,β-unsaturated/α-hetero) is 1. The van der Waals surface area contributed by atoms with Crippen molar-refractivity contribution in [2.24, 2.45) is 10.7 Å². The van der Waals surface area contributed by atoms with Crippen molar-refractivity contribution in [2.75, 3.05) is 12.8 Å². The van der Waals surface area contributed by atoms with Crippen LogP contribution in [0.25, 0.3) is 0 Å². The highest BCUT2D eigenvalue weighted by molar-refractivity contribution is 7.89. The molecular formula is C19H21F2N5O3S. The first-order chi connectivity index (χ1) is 14.1. The lowest BCUT2D eigenvalue weighted by Crippen LogP contribution is -2.52. The van der Waals surface area contributed by atoms with E-state index in [-0.39, 0.29) is 23.8 Å². The zero-order valence-corrected chi connectivity index (χ0v) is 17.1. The molecule has 0 bridgehead atoms. The lowest BCUT2D eigenvalue weighted by molar-refractivity contribution is 0.0560. The summed E-state index contributed by atoms with van der Waals surface area (Å²) in [5, 5.41) is 3.61. The average Bonchev–Trinajstić information content (AvgIpc) is 3.17. The number of alkyl halides is 2. The average molecular weight is 437 g/mol. The van der Waals surface area contributed by atoms with Crippen molar-refractivity contribution in [3.05, 3.63) is 52.8 Å². The number of halogens is 2. The zero-order valence-electron chi connectivity index (χ0n) is 16.3. The third kappa shape index (κ3) is 3.47. The Bertz CT molecular complexity index is 1140. The van der Waals surface area contributed by atoms with Gasteiger partial charge in [-0.3, -0.25) is 4.79 Å². The molecule has 8 nitrogen and oxygen atoms in total. The molecule has 2 aliphatic rings. The minimum Gasteiger partial charge on any atom is -0.369 e. The summed E-state index contributed by atoms with van der Waals surface area (Å²) in [5.74, 6) is -0.660. The number of aromatic nitrogens is 2. The predicted octanol–water partition coefficient (Wildman–Crippen LogP) is 1.83. The van der Waals surface area contributed by atoms with Gasteiger partial charge in [0.2, 0.25) is 16.0 Å². The van der Waals surface area contributed by atoms with Crippen molar-refractivity contribution in [3.63, 3.8) is 0 Å². The van der Waals surface area contributed by atoms with E-state index in [1.165, 1.54) is 13.1 Å². The fourth-order valence-corrected chi connectivity index (χ4v) is 5.58. The minimum atomic E-state index is -3.62. The van der Waals surface area contributed by atoms with E-state index in [2.05, 4.69) is 10.1 Å². The highest BCUT2D eigenvalue weighted by atomic mass is 32.2. The minimum absolute atomic E-state index is 0.0462. The summed E-state index contributed by atoms with van der Waals surface area (Å²) in [5.41, 5.74) is 7.22. The molecule has 0 radical (unpaired) electrons. The Kier molecular flexibility index (Phi) is 4.88. The van der Waals surface area contributed by atoms with Gasteiger partial charge in [0.25, 0.3) is 0 Å². The first-order valence-corrected chi connectivity index (χ1v) is 11.0. The third-order valence-corrected chi connectivity index (χ3v) is 7.52. The van der Waals surface area contributed by atoms with E-state index in [0.717, 1.165) is 34.5 Å². The molecule has 2 aromatic rings. The Morgan fingerprint density at radius 1 is 1.33 bits per heavy atom. The van der Waals surface area contributed by atoms with Gasteiger partial charge in [-0.1, -0.05) is 18.2 Å². The van der Waals surface area contributed by atoms with Crippen molar-refractivity contribution in [1.29, 1.82) is 0 Å². The molecule has 1 aliphatic heterocycles. The monoisotopic (exact) mass is 437 g/mol. The number of sulfonamides is 1. The second-order valence-corrected chi connectivity index (χ2v) is 9.63. The van der Waals surface area contributed by atoms with E-state index in [1.54, 1.807) is 12.1 Å². The predicted molar refractivity (Wildman–Crippen MR) is 106 cm³/mol. The zero-order chi connectivity index (χ0) is 21.7. The second kappa shape index (κ2) is 7.15. The van der Waals surface area contributed by atoms with Crippen LogP contribution < -0.4 is 5.73 Å². The van der Waals surface area contributed by atoms with Crippen LogP contribution in [0.2, 0.25) is 0 Å². The second-order valence-electron chi connectivity index (χ2n) is 7.63. The molecule has 11 heteroatoms. The number of hydrogen-bond donors (Lipinski definition) is 1. The van der Waals surface area contributed by atoms with Crippen molar-refractivity contribution in [2.45, 2.75) is 37.8 Å². The van der Waals surface area contributed by atoms with E-state index in [1.807, 2.05) is 6.07 Å². The van der Waals surface area contributed by atoms with Crippen molar-refractivity contribution < 1.29 is 22.0 Å². The number of ketones is 1. The first-order valence-electron chi connectivity index (χ1n) is 9.42. The van der Waals surface area contributed by atoms with E-state index < -0.39 is 27.9 Å². The molecule has 30 heavy (non-hydrogen) atoms. The lowest BCUT2D eigenvalue weighted by atomic mass is 9.77. The number of aryl methyl sites for hydroxylation is 1. The number of rotatable bonds is 4. The Hall–Kier alpha value is -2.82. The maximum absolute atomic E-state index is 12.7. The topological polar surface area (TPSA) is 111 Å².